The van der Waals surface area contributed by atoms with E-state index in [0.717, 1.165) is 33.2 Å². The van der Waals surface area contributed by atoms with E-state index in [4.69, 9.17) is 4.74 Å². The van der Waals surface area contributed by atoms with Crippen molar-refractivity contribution in [2.45, 2.75) is 25.0 Å². The summed E-state index contributed by atoms with van der Waals surface area (Å²) >= 11 is 0. The number of nitrogens with zero attached hydrogens (tertiary/aromatic N) is 5. The number of benzene rings is 2. The fourth-order valence-corrected chi connectivity index (χ4v) is 4.92. The first kappa shape index (κ1) is 21.6. The number of rotatable bonds is 4. The molecule has 1 N–H and O–H groups in total. The number of ether oxygens (including phenoxy) is 1. The summed E-state index contributed by atoms with van der Waals surface area (Å²) in [5.74, 6) is 0. The molecule has 0 bridgehead atoms. The molecule has 1 saturated heterocycles. The Hall–Kier alpha value is -3.88. The fraction of sp³-hybridized carbons (Fsp3) is 0.259. The number of aryl methyl sites for hydroxylation is 1. The number of hydrogen-bond acceptors (Lipinski definition) is 6. The normalized spacial score (nSPS) is 18.3. The van der Waals surface area contributed by atoms with Gasteiger partial charge in [-0.3, -0.25) is 19.0 Å². The van der Waals surface area contributed by atoms with Crippen molar-refractivity contribution in [3.05, 3.63) is 88.9 Å². The minimum absolute atomic E-state index is 0.165. The van der Waals surface area contributed by atoms with Crippen LogP contribution in [0.2, 0.25) is 0 Å². The van der Waals surface area contributed by atoms with Crippen LogP contribution in [0, 0.1) is 0 Å². The van der Waals surface area contributed by atoms with Crippen LogP contribution in [0.3, 0.4) is 0 Å². The second-order valence-corrected chi connectivity index (χ2v) is 9.06. The molecule has 0 saturated carbocycles. The molecule has 1 aliphatic heterocycles. The number of pyridine rings is 1. The van der Waals surface area contributed by atoms with E-state index in [1.165, 1.54) is 4.57 Å². The standard InChI is InChI=1S/C27H25N5O3/c1-31-14-19(13-30-31)23-11-17(6-8-28-23)10-18-12-22-26(21-5-3-2-4-20(18)21)29-16-32(27(22)34)24-15-35-9-7-25(24)33/h2-6,8,11-14,16,24-25,33H,7,9-10,15H2,1H3/t24-,25-/m0/s1. The van der Waals surface area contributed by atoms with Gasteiger partial charge in [-0.1, -0.05) is 24.3 Å². The van der Waals surface area contributed by atoms with E-state index in [9.17, 15) is 9.90 Å². The molecular formula is C27H25N5O3. The molecule has 1 fully saturated rings. The molecule has 0 spiro atoms. The van der Waals surface area contributed by atoms with Gasteiger partial charge in [0.1, 0.15) is 0 Å². The third-order valence-electron chi connectivity index (χ3n) is 6.75. The molecule has 5 aromatic rings. The molecule has 2 atom stereocenters. The zero-order valence-corrected chi connectivity index (χ0v) is 19.3. The Morgan fingerprint density at radius 3 is 2.77 bits per heavy atom. The molecule has 4 heterocycles. The van der Waals surface area contributed by atoms with Gasteiger partial charge in [0.05, 0.1) is 47.9 Å². The monoisotopic (exact) mass is 467 g/mol. The summed E-state index contributed by atoms with van der Waals surface area (Å²) in [4.78, 5) is 22.8. The van der Waals surface area contributed by atoms with Crippen LogP contribution in [0.4, 0.5) is 0 Å². The molecule has 176 valence electrons. The van der Waals surface area contributed by atoms with Gasteiger partial charge in [-0.05, 0) is 47.6 Å². The van der Waals surface area contributed by atoms with Crippen molar-refractivity contribution in [2.75, 3.05) is 13.2 Å². The van der Waals surface area contributed by atoms with Gasteiger partial charge in [0.15, 0.2) is 0 Å². The number of aliphatic hydroxyl groups excluding tert-OH is 1. The summed E-state index contributed by atoms with van der Waals surface area (Å²) in [6.07, 6.45) is 7.59. The number of aromatic nitrogens is 5. The minimum atomic E-state index is -0.636. The van der Waals surface area contributed by atoms with Gasteiger partial charge in [0, 0.05) is 37.0 Å². The highest BCUT2D eigenvalue weighted by Gasteiger charge is 2.27. The van der Waals surface area contributed by atoms with E-state index in [0.29, 0.717) is 37.0 Å². The Balaban J connectivity index is 1.48. The van der Waals surface area contributed by atoms with Crippen molar-refractivity contribution in [1.29, 1.82) is 0 Å². The van der Waals surface area contributed by atoms with E-state index < -0.39 is 12.1 Å². The first-order chi connectivity index (χ1) is 17.1. The maximum atomic E-state index is 13.6. The average molecular weight is 468 g/mol. The maximum absolute atomic E-state index is 13.6. The van der Waals surface area contributed by atoms with Crippen LogP contribution in [0.1, 0.15) is 23.6 Å². The Morgan fingerprint density at radius 2 is 1.97 bits per heavy atom. The average Bonchev–Trinajstić information content (AvgIpc) is 3.32. The van der Waals surface area contributed by atoms with E-state index in [1.807, 2.05) is 43.6 Å². The predicted octanol–water partition coefficient (Wildman–Crippen LogP) is 3.26. The lowest BCUT2D eigenvalue weighted by Gasteiger charge is -2.29. The first-order valence-corrected chi connectivity index (χ1v) is 11.7. The van der Waals surface area contributed by atoms with E-state index >= 15 is 0 Å². The van der Waals surface area contributed by atoms with Crippen LogP contribution in [0.5, 0.6) is 0 Å². The molecule has 8 nitrogen and oxygen atoms in total. The zero-order valence-electron chi connectivity index (χ0n) is 19.3. The Morgan fingerprint density at radius 1 is 1.11 bits per heavy atom. The zero-order chi connectivity index (χ0) is 23.9. The van der Waals surface area contributed by atoms with Crippen molar-refractivity contribution < 1.29 is 9.84 Å². The predicted molar refractivity (Wildman–Crippen MR) is 133 cm³/mol. The molecule has 0 amide bonds. The Kier molecular flexibility index (Phi) is 5.39. The van der Waals surface area contributed by atoms with Gasteiger partial charge >= 0.3 is 0 Å². The van der Waals surface area contributed by atoms with Crippen molar-refractivity contribution in [2.24, 2.45) is 7.05 Å². The molecule has 2 aromatic carbocycles. The third kappa shape index (κ3) is 3.90. The summed E-state index contributed by atoms with van der Waals surface area (Å²) in [6, 6.07) is 13.6. The molecule has 6 rings (SSSR count). The van der Waals surface area contributed by atoms with Gasteiger partial charge in [-0.15, -0.1) is 0 Å². The highest BCUT2D eigenvalue weighted by atomic mass is 16.5. The van der Waals surface area contributed by atoms with E-state index in [2.05, 4.69) is 27.2 Å². The van der Waals surface area contributed by atoms with Gasteiger partial charge in [-0.25, -0.2) is 4.98 Å². The Bertz CT molecular complexity index is 1610. The van der Waals surface area contributed by atoms with E-state index in [-0.39, 0.29) is 5.56 Å². The lowest BCUT2D eigenvalue weighted by molar-refractivity contribution is -0.0303. The lowest BCUT2D eigenvalue weighted by atomic mass is 9.95. The molecule has 0 aliphatic carbocycles. The van der Waals surface area contributed by atoms with Crippen LogP contribution in [-0.2, 0) is 18.2 Å². The minimum Gasteiger partial charge on any atom is -0.391 e. The molecule has 35 heavy (non-hydrogen) atoms. The van der Waals surface area contributed by atoms with Crippen LogP contribution in [0.25, 0.3) is 32.9 Å². The summed E-state index contributed by atoms with van der Waals surface area (Å²) in [6.45, 7) is 0.790. The second kappa shape index (κ2) is 8.72. The lowest BCUT2D eigenvalue weighted by Crippen LogP contribution is -2.39. The van der Waals surface area contributed by atoms with E-state index in [1.54, 1.807) is 23.4 Å². The smallest absolute Gasteiger partial charge is 0.261 e. The fourth-order valence-electron chi connectivity index (χ4n) is 4.92. The number of aliphatic hydroxyl groups is 1. The van der Waals surface area contributed by atoms with Gasteiger partial charge in [0.25, 0.3) is 5.56 Å². The summed E-state index contributed by atoms with van der Waals surface area (Å²) < 4.78 is 8.82. The molecule has 0 unspecified atom stereocenters. The Labute approximate surface area is 201 Å². The first-order valence-electron chi connectivity index (χ1n) is 11.7. The van der Waals surface area contributed by atoms with Crippen molar-refractivity contribution in [3.8, 4) is 11.3 Å². The largest absolute Gasteiger partial charge is 0.391 e. The van der Waals surface area contributed by atoms with Crippen molar-refractivity contribution >= 4 is 21.7 Å². The van der Waals surface area contributed by atoms with Crippen molar-refractivity contribution in [1.82, 2.24) is 24.3 Å². The summed E-state index contributed by atoms with van der Waals surface area (Å²) in [5, 5.41) is 17.3. The molecule has 8 heteroatoms. The van der Waals surface area contributed by atoms with Gasteiger partial charge in [0.2, 0.25) is 0 Å². The number of fused-ring (bicyclic) bond motifs is 3. The number of hydrogen-bond donors (Lipinski definition) is 1. The van der Waals surface area contributed by atoms with Crippen molar-refractivity contribution in [3.63, 3.8) is 0 Å². The molecular weight excluding hydrogens is 442 g/mol. The second-order valence-electron chi connectivity index (χ2n) is 9.06. The molecule has 1 aliphatic rings. The SMILES string of the molecule is Cn1cc(-c2cc(Cc3cc4c(=O)n([C@H]5COCC[C@@H]5O)cnc4c4ccccc34)ccn2)cn1. The quantitative estimate of drug-likeness (QED) is 0.408. The van der Waals surface area contributed by atoms with Crippen LogP contribution < -0.4 is 5.56 Å². The summed E-state index contributed by atoms with van der Waals surface area (Å²) in [7, 11) is 1.88. The van der Waals surface area contributed by atoms with Crippen LogP contribution >= 0.6 is 0 Å². The highest BCUT2D eigenvalue weighted by Crippen LogP contribution is 2.29. The van der Waals surface area contributed by atoms with Crippen LogP contribution in [0.15, 0.2) is 72.2 Å². The molecule has 0 radical (unpaired) electrons. The summed E-state index contributed by atoms with van der Waals surface area (Å²) in [5.41, 5.74) is 4.44. The third-order valence-corrected chi connectivity index (χ3v) is 6.75. The van der Waals surface area contributed by atoms with Crippen LogP contribution in [-0.4, -0.2) is 48.7 Å². The van der Waals surface area contributed by atoms with Gasteiger partial charge in [-0.2, -0.15) is 5.10 Å². The maximum Gasteiger partial charge on any atom is 0.261 e. The topological polar surface area (TPSA) is 95.1 Å². The van der Waals surface area contributed by atoms with Gasteiger partial charge < -0.3 is 9.84 Å². The molecule has 3 aromatic heterocycles. The highest BCUT2D eigenvalue weighted by molar-refractivity contribution is 6.06.